The van der Waals surface area contributed by atoms with Crippen LogP contribution in [-0.2, 0) is 4.79 Å². The van der Waals surface area contributed by atoms with Crippen LogP contribution in [-0.4, -0.2) is 18.8 Å². The van der Waals surface area contributed by atoms with Crippen LogP contribution < -0.4 is 15.8 Å². The maximum Gasteiger partial charge on any atom is 0.573 e. The van der Waals surface area contributed by atoms with E-state index in [1.54, 1.807) is 6.92 Å². The molecule has 0 spiro atoms. The topological polar surface area (TPSA) is 64.4 Å². The number of hydrogen-bond acceptors (Lipinski definition) is 3. The number of alkyl halides is 3. The third kappa shape index (κ3) is 5.60. The van der Waals surface area contributed by atoms with Gasteiger partial charge in [-0.1, -0.05) is 19.1 Å². The molecule has 0 radical (unpaired) electrons. The van der Waals surface area contributed by atoms with E-state index in [-0.39, 0.29) is 18.0 Å². The smallest absolute Gasteiger partial charge is 0.404 e. The van der Waals surface area contributed by atoms with Crippen LogP contribution in [0.1, 0.15) is 13.3 Å². The van der Waals surface area contributed by atoms with Gasteiger partial charge in [-0.3, -0.25) is 4.79 Å². The van der Waals surface area contributed by atoms with E-state index in [4.69, 9.17) is 5.73 Å². The first-order valence-corrected chi connectivity index (χ1v) is 5.66. The highest BCUT2D eigenvalue weighted by Crippen LogP contribution is 2.30. The zero-order chi connectivity index (χ0) is 14.5. The first kappa shape index (κ1) is 15.3. The largest absolute Gasteiger partial charge is 0.573 e. The number of hydrogen-bond donors (Lipinski definition) is 2. The van der Waals surface area contributed by atoms with Gasteiger partial charge < -0.3 is 15.8 Å². The summed E-state index contributed by atoms with van der Waals surface area (Å²) in [5, 5.41) is 2.38. The van der Waals surface area contributed by atoms with Crippen molar-refractivity contribution in [1.82, 2.24) is 0 Å². The lowest BCUT2D eigenvalue weighted by Crippen LogP contribution is -2.22. The molecule has 0 aromatic heterocycles. The van der Waals surface area contributed by atoms with Crippen LogP contribution in [0.4, 0.5) is 18.9 Å². The number of anilines is 1. The number of para-hydroxylation sites is 2. The number of halogens is 3. The summed E-state index contributed by atoms with van der Waals surface area (Å²) in [6, 6.07) is 5.37. The van der Waals surface area contributed by atoms with E-state index in [0.717, 1.165) is 6.07 Å². The van der Waals surface area contributed by atoms with E-state index < -0.39 is 18.0 Å². The van der Waals surface area contributed by atoms with Gasteiger partial charge in [0.15, 0.2) is 5.75 Å². The third-order valence-electron chi connectivity index (χ3n) is 2.32. The summed E-state index contributed by atoms with van der Waals surface area (Å²) < 4.78 is 40.3. The standard InChI is InChI=1S/C12H15F3N2O2/c1-8(7-16)6-11(18)17-9-4-2-3-5-10(9)19-12(13,14)15/h2-5,8H,6-7,16H2,1H3,(H,17,18). The maximum absolute atomic E-state index is 12.2. The molecule has 0 aliphatic carbocycles. The third-order valence-corrected chi connectivity index (χ3v) is 2.32. The minimum atomic E-state index is -4.80. The number of rotatable bonds is 5. The zero-order valence-electron chi connectivity index (χ0n) is 10.3. The Balaban J connectivity index is 2.75. The molecule has 1 unspecified atom stereocenters. The number of amides is 1. The number of nitrogens with one attached hydrogen (secondary N) is 1. The first-order chi connectivity index (χ1) is 8.81. The van der Waals surface area contributed by atoms with E-state index in [0.29, 0.717) is 6.54 Å². The molecule has 0 fully saturated rings. The van der Waals surface area contributed by atoms with Crippen LogP contribution in [0.2, 0.25) is 0 Å². The molecular formula is C12H15F3N2O2. The Morgan fingerprint density at radius 1 is 1.42 bits per heavy atom. The molecule has 3 N–H and O–H groups in total. The Morgan fingerprint density at radius 3 is 2.63 bits per heavy atom. The molecule has 106 valence electrons. The van der Waals surface area contributed by atoms with Gasteiger partial charge in [0.2, 0.25) is 5.91 Å². The second-order valence-corrected chi connectivity index (χ2v) is 4.14. The summed E-state index contributed by atoms with van der Waals surface area (Å²) >= 11 is 0. The molecule has 1 rings (SSSR count). The summed E-state index contributed by atoms with van der Waals surface area (Å²) in [5.74, 6) is -0.893. The normalized spacial score (nSPS) is 12.9. The summed E-state index contributed by atoms with van der Waals surface area (Å²) in [6.45, 7) is 2.10. The lowest BCUT2D eigenvalue weighted by molar-refractivity contribution is -0.274. The molecule has 1 aromatic rings. The molecule has 0 aliphatic heterocycles. The number of nitrogens with two attached hydrogens (primary N) is 1. The summed E-state index contributed by atoms with van der Waals surface area (Å²) in [5.41, 5.74) is 5.35. The molecule has 1 amide bonds. The van der Waals surface area contributed by atoms with Crippen LogP contribution in [0.25, 0.3) is 0 Å². The molecule has 0 saturated carbocycles. The first-order valence-electron chi connectivity index (χ1n) is 5.66. The lowest BCUT2D eigenvalue weighted by Gasteiger charge is -2.14. The zero-order valence-corrected chi connectivity index (χ0v) is 10.3. The molecule has 0 bridgehead atoms. The number of benzene rings is 1. The van der Waals surface area contributed by atoms with Gasteiger partial charge in [-0.15, -0.1) is 13.2 Å². The molecule has 7 heteroatoms. The predicted octanol–water partition coefficient (Wildman–Crippen LogP) is 2.51. The van der Waals surface area contributed by atoms with E-state index in [9.17, 15) is 18.0 Å². The van der Waals surface area contributed by atoms with Crippen molar-refractivity contribution < 1.29 is 22.7 Å². The van der Waals surface area contributed by atoms with Crippen molar-refractivity contribution >= 4 is 11.6 Å². The fourth-order valence-electron chi connectivity index (χ4n) is 1.38. The van der Waals surface area contributed by atoms with Crippen molar-refractivity contribution in [3.05, 3.63) is 24.3 Å². The Labute approximate surface area is 108 Å². The second kappa shape index (κ2) is 6.42. The average molecular weight is 276 g/mol. The van der Waals surface area contributed by atoms with Crippen LogP contribution in [0.5, 0.6) is 5.75 Å². The van der Waals surface area contributed by atoms with Gasteiger partial charge in [-0.05, 0) is 24.6 Å². The van der Waals surface area contributed by atoms with Gasteiger partial charge in [-0.25, -0.2) is 0 Å². The highest BCUT2D eigenvalue weighted by molar-refractivity contribution is 5.92. The summed E-state index contributed by atoms with van der Waals surface area (Å²) in [7, 11) is 0. The van der Waals surface area contributed by atoms with E-state index in [2.05, 4.69) is 10.1 Å². The van der Waals surface area contributed by atoms with Gasteiger partial charge in [0, 0.05) is 6.42 Å². The molecule has 19 heavy (non-hydrogen) atoms. The number of ether oxygens (including phenoxy) is 1. The minimum absolute atomic E-state index is 0.0194. The second-order valence-electron chi connectivity index (χ2n) is 4.14. The Bertz CT molecular complexity index is 435. The Kier molecular flexibility index (Phi) is 5.17. The van der Waals surface area contributed by atoms with Gasteiger partial charge in [-0.2, -0.15) is 0 Å². The quantitative estimate of drug-likeness (QED) is 0.868. The van der Waals surface area contributed by atoms with Crippen molar-refractivity contribution in [2.75, 3.05) is 11.9 Å². The average Bonchev–Trinajstić information content (AvgIpc) is 2.29. The van der Waals surface area contributed by atoms with E-state index in [1.807, 2.05) is 0 Å². The number of carbonyl (C=O) groups is 1. The summed E-state index contributed by atoms with van der Waals surface area (Å²) in [6.07, 6.45) is -4.66. The SMILES string of the molecule is CC(CN)CC(=O)Nc1ccccc1OC(F)(F)F. The molecule has 1 atom stereocenters. The molecule has 4 nitrogen and oxygen atoms in total. The van der Waals surface area contributed by atoms with Gasteiger partial charge in [0.05, 0.1) is 5.69 Å². The highest BCUT2D eigenvalue weighted by Gasteiger charge is 2.32. The minimum Gasteiger partial charge on any atom is -0.404 e. The van der Waals surface area contributed by atoms with Gasteiger partial charge in [0.1, 0.15) is 0 Å². The van der Waals surface area contributed by atoms with Crippen molar-refractivity contribution in [2.24, 2.45) is 11.7 Å². The summed E-state index contributed by atoms with van der Waals surface area (Å²) in [4.78, 5) is 11.6. The lowest BCUT2D eigenvalue weighted by atomic mass is 10.1. The van der Waals surface area contributed by atoms with Crippen LogP contribution in [0, 0.1) is 5.92 Å². The van der Waals surface area contributed by atoms with Gasteiger partial charge >= 0.3 is 6.36 Å². The van der Waals surface area contributed by atoms with Crippen LogP contribution in [0.15, 0.2) is 24.3 Å². The molecular weight excluding hydrogens is 261 g/mol. The molecule has 1 aromatic carbocycles. The van der Waals surface area contributed by atoms with Crippen molar-refractivity contribution in [2.45, 2.75) is 19.7 Å². The Hall–Kier alpha value is -1.76. The Morgan fingerprint density at radius 2 is 2.05 bits per heavy atom. The predicted molar refractivity (Wildman–Crippen MR) is 64.6 cm³/mol. The molecule has 0 saturated heterocycles. The molecule has 0 aliphatic rings. The maximum atomic E-state index is 12.2. The monoisotopic (exact) mass is 276 g/mol. The van der Waals surface area contributed by atoms with Crippen LogP contribution in [0.3, 0.4) is 0 Å². The van der Waals surface area contributed by atoms with Crippen LogP contribution >= 0.6 is 0 Å². The van der Waals surface area contributed by atoms with E-state index in [1.165, 1.54) is 18.2 Å². The van der Waals surface area contributed by atoms with Gasteiger partial charge in [0.25, 0.3) is 0 Å². The van der Waals surface area contributed by atoms with E-state index >= 15 is 0 Å². The highest BCUT2D eigenvalue weighted by atomic mass is 19.4. The van der Waals surface area contributed by atoms with Crippen molar-refractivity contribution in [3.8, 4) is 5.75 Å². The number of carbonyl (C=O) groups excluding carboxylic acids is 1. The molecule has 0 heterocycles. The fraction of sp³-hybridized carbons (Fsp3) is 0.417. The van der Waals surface area contributed by atoms with Crippen molar-refractivity contribution in [1.29, 1.82) is 0 Å². The fourth-order valence-corrected chi connectivity index (χ4v) is 1.38. The van der Waals surface area contributed by atoms with Crippen molar-refractivity contribution in [3.63, 3.8) is 0 Å².